The van der Waals surface area contributed by atoms with Gasteiger partial charge in [0.05, 0.1) is 6.04 Å². The second-order valence-corrected chi connectivity index (χ2v) is 5.62. The largest absolute Gasteiger partial charge is 0.367 e. The van der Waals surface area contributed by atoms with Gasteiger partial charge in [-0.25, -0.2) is 0 Å². The summed E-state index contributed by atoms with van der Waals surface area (Å²) >= 11 is 0. The maximum absolute atomic E-state index is 6.27. The number of aryl methyl sites for hydroxylation is 1. The number of nitrogens with zero attached hydrogens (tertiary/aromatic N) is 1. The summed E-state index contributed by atoms with van der Waals surface area (Å²) in [6, 6.07) is 18.0. The van der Waals surface area contributed by atoms with Crippen LogP contribution in [-0.4, -0.2) is 7.05 Å². The second kappa shape index (κ2) is 5.29. The van der Waals surface area contributed by atoms with E-state index >= 15 is 0 Å². The normalized spacial score (nSPS) is 20.8. The quantitative estimate of drug-likeness (QED) is 0.914. The van der Waals surface area contributed by atoms with Crippen molar-refractivity contribution in [2.45, 2.75) is 31.8 Å². The third-order valence-electron chi connectivity index (χ3n) is 4.45. The molecule has 0 radical (unpaired) electrons. The lowest BCUT2D eigenvalue weighted by Crippen LogP contribution is -2.22. The van der Waals surface area contributed by atoms with Crippen molar-refractivity contribution in [3.8, 4) is 0 Å². The lowest BCUT2D eigenvalue weighted by molar-refractivity contribution is 0.594. The molecule has 0 spiro atoms. The molecule has 20 heavy (non-hydrogen) atoms. The van der Waals surface area contributed by atoms with Gasteiger partial charge in [-0.15, -0.1) is 0 Å². The van der Waals surface area contributed by atoms with Gasteiger partial charge in [0.25, 0.3) is 0 Å². The molecule has 0 heterocycles. The fraction of sp³-hybridized carbons (Fsp3) is 0.333. The molecule has 0 fully saturated rings. The first-order valence-corrected chi connectivity index (χ1v) is 7.37. The highest BCUT2D eigenvalue weighted by atomic mass is 15.1. The number of anilines is 1. The Kier molecular flexibility index (Phi) is 3.49. The van der Waals surface area contributed by atoms with Crippen molar-refractivity contribution in [1.82, 2.24) is 0 Å². The Hall–Kier alpha value is -1.80. The fourth-order valence-electron chi connectivity index (χ4n) is 3.16. The van der Waals surface area contributed by atoms with Crippen LogP contribution in [0.2, 0.25) is 0 Å². The van der Waals surface area contributed by atoms with Gasteiger partial charge in [0.1, 0.15) is 0 Å². The molecule has 2 unspecified atom stereocenters. The molecular weight excluding hydrogens is 244 g/mol. The van der Waals surface area contributed by atoms with Gasteiger partial charge >= 0.3 is 0 Å². The van der Waals surface area contributed by atoms with Gasteiger partial charge in [0, 0.05) is 18.8 Å². The first-order valence-electron chi connectivity index (χ1n) is 7.37. The van der Waals surface area contributed by atoms with Crippen LogP contribution in [0.25, 0.3) is 0 Å². The van der Waals surface area contributed by atoms with E-state index in [0.29, 0.717) is 6.04 Å². The molecule has 0 saturated heterocycles. The zero-order chi connectivity index (χ0) is 14.1. The Morgan fingerprint density at radius 2 is 1.70 bits per heavy atom. The van der Waals surface area contributed by atoms with Crippen molar-refractivity contribution < 1.29 is 0 Å². The van der Waals surface area contributed by atoms with E-state index in [-0.39, 0.29) is 6.04 Å². The molecule has 2 N–H and O–H groups in total. The van der Waals surface area contributed by atoms with Crippen LogP contribution in [0.3, 0.4) is 0 Å². The molecule has 0 bridgehead atoms. The number of hydrogen-bond acceptors (Lipinski definition) is 2. The van der Waals surface area contributed by atoms with Gasteiger partial charge in [-0.05, 0) is 41.7 Å². The second-order valence-electron chi connectivity index (χ2n) is 5.62. The van der Waals surface area contributed by atoms with Crippen LogP contribution >= 0.6 is 0 Å². The van der Waals surface area contributed by atoms with E-state index in [9.17, 15) is 0 Å². The maximum atomic E-state index is 6.27. The van der Waals surface area contributed by atoms with Gasteiger partial charge in [-0.2, -0.15) is 0 Å². The fourth-order valence-corrected chi connectivity index (χ4v) is 3.16. The van der Waals surface area contributed by atoms with E-state index in [1.165, 1.54) is 22.4 Å². The average Bonchev–Trinajstić information content (AvgIpc) is 2.84. The van der Waals surface area contributed by atoms with E-state index < -0.39 is 0 Å². The van der Waals surface area contributed by atoms with E-state index in [0.717, 1.165) is 12.8 Å². The van der Waals surface area contributed by atoms with E-state index in [4.69, 9.17) is 5.73 Å². The Balaban J connectivity index is 1.89. The molecular formula is C18H22N2. The standard InChI is InChI=1S/C18H22N2/c1-3-13-8-10-14(11-9-13)20(2)18-12-17(19)15-6-4-5-7-16(15)18/h4-11,17-18H,3,12,19H2,1-2H3. The minimum absolute atomic E-state index is 0.161. The van der Waals surface area contributed by atoms with Gasteiger partial charge in [0.15, 0.2) is 0 Å². The minimum atomic E-state index is 0.161. The summed E-state index contributed by atoms with van der Waals surface area (Å²) in [7, 11) is 2.17. The lowest BCUT2D eigenvalue weighted by Gasteiger charge is -2.28. The summed E-state index contributed by atoms with van der Waals surface area (Å²) in [6.07, 6.45) is 2.08. The summed E-state index contributed by atoms with van der Waals surface area (Å²) in [6.45, 7) is 2.19. The Morgan fingerprint density at radius 3 is 2.35 bits per heavy atom. The van der Waals surface area contributed by atoms with Gasteiger partial charge in [-0.1, -0.05) is 43.3 Å². The third-order valence-corrected chi connectivity index (χ3v) is 4.45. The van der Waals surface area contributed by atoms with E-state index in [1.54, 1.807) is 0 Å². The van der Waals surface area contributed by atoms with Gasteiger partial charge in [0.2, 0.25) is 0 Å². The topological polar surface area (TPSA) is 29.3 Å². The molecule has 0 saturated carbocycles. The predicted molar refractivity (Wildman–Crippen MR) is 85.0 cm³/mol. The summed E-state index contributed by atoms with van der Waals surface area (Å²) in [5.41, 5.74) is 11.6. The zero-order valence-corrected chi connectivity index (χ0v) is 12.2. The number of fused-ring (bicyclic) bond motifs is 1. The predicted octanol–water partition coefficient (Wildman–Crippen LogP) is 3.83. The Bertz CT molecular complexity index is 589. The highest BCUT2D eigenvalue weighted by Gasteiger charge is 2.30. The zero-order valence-electron chi connectivity index (χ0n) is 12.2. The highest BCUT2D eigenvalue weighted by molar-refractivity contribution is 5.52. The van der Waals surface area contributed by atoms with Crippen LogP contribution in [0.1, 0.15) is 42.1 Å². The number of nitrogens with two attached hydrogens (primary N) is 1. The molecule has 3 rings (SSSR count). The number of benzene rings is 2. The molecule has 2 nitrogen and oxygen atoms in total. The lowest BCUT2D eigenvalue weighted by atomic mass is 10.1. The summed E-state index contributed by atoms with van der Waals surface area (Å²) in [5.74, 6) is 0. The number of rotatable bonds is 3. The van der Waals surface area contributed by atoms with Crippen LogP contribution in [0.15, 0.2) is 48.5 Å². The first kappa shape index (κ1) is 13.2. The van der Waals surface area contributed by atoms with Crippen molar-refractivity contribution in [1.29, 1.82) is 0 Å². The first-order chi connectivity index (χ1) is 9.70. The number of hydrogen-bond donors (Lipinski definition) is 1. The molecule has 2 aromatic rings. The summed E-state index contributed by atoms with van der Waals surface area (Å²) < 4.78 is 0. The average molecular weight is 266 g/mol. The van der Waals surface area contributed by atoms with Crippen LogP contribution in [0.5, 0.6) is 0 Å². The van der Waals surface area contributed by atoms with Gasteiger partial charge in [-0.3, -0.25) is 0 Å². The van der Waals surface area contributed by atoms with Crippen LogP contribution in [0.4, 0.5) is 5.69 Å². The smallest absolute Gasteiger partial charge is 0.0560 e. The van der Waals surface area contributed by atoms with Crippen molar-refractivity contribution in [2.75, 3.05) is 11.9 Å². The molecule has 0 aliphatic heterocycles. The monoisotopic (exact) mass is 266 g/mol. The van der Waals surface area contributed by atoms with Crippen molar-refractivity contribution >= 4 is 5.69 Å². The molecule has 104 valence electrons. The molecule has 2 heteroatoms. The summed E-state index contributed by atoms with van der Waals surface area (Å²) in [4.78, 5) is 2.35. The van der Waals surface area contributed by atoms with Crippen molar-refractivity contribution in [2.24, 2.45) is 5.73 Å². The van der Waals surface area contributed by atoms with Crippen LogP contribution in [0, 0.1) is 0 Å². The summed E-state index contributed by atoms with van der Waals surface area (Å²) in [5, 5.41) is 0. The van der Waals surface area contributed by atoms with E-state index in [1.807, 2.05) is 0 Å². The Morgan fingerprint density at radius 1 is 1.05 bits per heavy atom. The molecule has 1 aliphatic carbocycles. The molecule has 0 amide bonds. The SMILES string of the molecule is CCc1ccc(N(C)C2CC(N)c3ccccc32)cc1. The van der Waals surface area contributed by atoms with Crippen LogP contribution in [-0.2, 0) is 6.42 Å². The maximum Gasteiger partial charge on any atom is 0.0560 e. The molecule has 0 aromatic heterocycles. The molecule has 1 aliphatic rings. The van der Waals surface area contributed by atoms with Crippen molar-refractivity contribution in [3.63, 3.8) is 0 Å². The van der Waals surface area contributed by atoms with Crippen molar-refractivity contribution in [3.05, 3.63) is 65.2 Å². The van der Waals surface area contributed by atoms with Gasteiger partial charge < -0.3 is 10.6 Å². The minimum Gasteiger partial charge on any atom is -0.367 e. The van der Waals surface area contributed by atoms with E-state index in [2.05, 4.69) is 67.4 Å². The van der Waals surface area contributed by atoms with Crippen LogP contribution < -0.4 is 10.6 Å². The Labute approximate surface area is 121 Å². The molecule has 2 aromatic carbocycles. The third kappa shape index (κ3) is 2.20. The highest BCUT2D eigenvalue weighted by Crippen LogP contribution is 2.41. The molecule has 2 atom stereocenters.